The van der Waals surface area contributed by atoms with Crippen LogP contribution in [0.4, 0.5) is 8.78 Å². The van der Waals surface area contributed by atoms with Crippen LogP contribution in [0, 0.1) is 5.41 Å². The summed E-state index contributed by atoms with van der Waals surface area (Å²) in [7, 11) is 1.88. The van der Waals surface area contributed by atoms with Gasteiger partial charge in [0.05, 0.1) is 0 Å². The molecule has 1 saturated carbocycles. The molecule has 1 aliphatic heterocycles. The van der Waals surface area contributed by atoms with Crippen LogP contribution in [0.15, 0.2) is 0 Å². The minimum atomic E-state index is -2.36. The van der Waals surface area contributed by atoms with E-state index in [1.165, 1.54) is 0 Å². The molecule has 2 nitrogen and oxygen atoms in total. The fourth-order valence-corrected chi connectivity index (χ4v) is 2.51. The van der Waals surface area contributed by atoms with Gasteiger partial charge in [0, 0.05) is 38.0 Å². The minimum absolute atomic E-state index is 0.0135. The molecule has 2 rings (SSSR count). The molecular weight excluding hydrogens is 162 g/mol. The van der Waals surface area contributed by atoms with E-state index in [-0.39, 0.29) is 18.3 Å². The van der Waals surface area contributed by atoms with E-state index < -0.39 is 5.92 Å². The van der Waals surface area contributed by atoms with Crippen LogP contribution in [0.25, 0.3) is 0 Å². The Hall–Kier alpha value is -0.220. The standard InChI is InChI=1S/C8H14F2N2/c1-11-6-12-4-7(5-12)2-8(9,10)3-7/h11H,2-6H2,1H3. The average molecular weight is 176 g/mol. The summed E-state index contributed by atoms with van der Waals surface area (Å²) in [4.78, 5) is 2.16. The number of hydrogen-bond donors (Lipinski definition) is 1. The lowest BCUT2D eigenvalue weighted by Crippen LogP contribution is -2.66. The predicted octanol–water partition coefficient (Wildman–Crippen LogP) is 0.894. The van der Waals surface area contributed by atoms with Gasteiger partial charge in [0.25, 0.3) is 0 Å². The van der Waals surface area contributed by atoms with Gasteiger partial charge in [0.2, 0.25) is 5.92 Å². The van der Waals surface area contributed by atoms with Crippen molar-refractivity contribution in [3.05, 3.63) is 0 Å². The molecule has 1 heterocycles. The highest BCUT2D eigenvalue weighted by Gasteiger charge is 2.61. The van der Waals surface area contributed by atoms with Gasteiger partial charge in [-0.15, -0.1) is 0 Å². The quantitative estimate of drug-likeness (QED) is 0.672. The SMILES string of the molecule is CNCN1CC2(C1)CC(F)(F)C2. The number of halogens is 2. The molecule has 1 spiro atoms. The lowest BCUT2D eigenvalue weighted by Gasteiger charge is -2.58. The number of nitrogens with one attached hydrogen (secondary N) is 1. The Kier molecular flexibility index (Phi) is 1.67. The molecule has 0 bridgehead atoms. The molecule has 0 unspecified atom stereocenters. The van der Waals surface area contributed by atoms with E-state index in [0.717, 1.165) is 19.8 Å². The van der Waals surface area contributed by atoms with E-state index in [0.29, 0.717) is 0 Å². The highest BCUT2D eigenvalue weighted by molar-refractivity contribution is 5.07. The van der Waals surface area contributed by atoms with Crippen molar-refractivity contribution in [2.75, 3.05) is 26.8 Å². The molecule has 0 atom stereocenters. The zero-order valence-corrected chi connectivity index (χ0v) is 7.24. The number of alkyl halides is 2. The first-order valence-corrected chi connectivity index (χ1v) is 4.30. The van der Waals surface area contributed by atoms with Crippen molar-refractivity contribution in [1.82, 2.24) is 10.2 Å². The first kappa shape index (κ1) is 8.38. The third kappa shape index (κ3) is 1.23. The molecular formula is C8H14F2N2. The Morgan fingerprint density at radius 2 is 1.92 bits per heavy atom. The predicted molar refractivity (Wildman–Crippen MR) is 42.1 cm³/mol. The van der Waals surface area contributed by atoms with E-state index in [2.05, 4.69) is 10.2 Å². The molecule has 70 valence electrons. The lowest BCUT2D eigenvalue weighted by molar-refractivity contribution is -0.213. The van der Waals surface area contributed by atoms with Gasteiger partial charge in [0.15, 0.2) is 0 Å². The molecule has 0 radical (unpaired) electrons. The minimum Gasteiger partial charge on any atom is -0.307 e. The van der Waals surface area contributed by atoms with Crippen LogP contribution in [-0.2, 0) is 0 Å². The van der Waals surface area contributed by atoms with Gasteiger partial charge in [-0.25, -0.2) is 8.78 Å². The molecule has 0 aromatic rings. The van der Waals surface area contributed by atoms with Gasteiger partial charge in [-0.3, -0.25) is 4.90 Å². The summed E-state index contributed by atoms with van der Waals surface area (Å²) in [6.07, 6.45) is 0.223. The van der Waals surface area contributed by atoms with Gasteiger partial charge in [-0.2, -0.15) is 0 Å². The average Bonchev–Trinajstić information content (AvgIpc) is 1.80. The van der Waals surface area contributed by atoms with Crippen LogP contribution in [0.3, 0.4) is 0 Å². The molecule has 2 aliphatic rings. The summed E-state index contributed by atoms with van der Waals surface area (Å²) < 4.78 is 25.1. The zero-order chi connectivity index (χ0) is 8.82. The summed E-state index contributed by atoms with van der Waals surface area (Å²) in [5, 5.41) is 3.01. The third-order valence-electron chi connectivity index (χ3n) is 2.77. The van der Waals surface area contributed by atoms with E-state index >= 15 is 0 Å². The van der Waals surface area contributed by atoms with Gasteiger partial charge >= 0.3 is 0 Å². The highest BCUT2D eigenvalue weighted by Crippen LogP contribution is 2.56. The van der Waals surface area contributed by atoms with Gasteiger partial charge in [-0.1, -0.05) is 0 Å². The second-order valence-electron chi connectivity index (χ2n) is 4.21. The van der Waals surface area contributed by atoms with Crippen LogP contribution in [0.2, 0.25) is 0 Å². The number of hydrogen-bond acceptors (Lipinski definition) is 2. The Morgan fingerprint density at radius 3 is 2.33 bits per heavy atom. The summed E-state index contributed by atoms with van der Waals surface area (Å²) in [6.45, 7) is 2.53. The van der Waals surface area contributed by atoms with E-state index in [4.69, 9.17) is 0 Å². The topological polar surface area (TPSA) is 15.3 Å². The maximum absolute atomic E-state index is 12.5. The van der Waals surface area contributed by atoms with Crippen molar-refractivity contribution < 1.29 is 8.78 Å². The van der Waals surface area contributed by atoms with Gasteiger partial charge in [0.1, 0.15) is 0 Å². The van der Waals surface area contributed by atoms with Crippen molar-refractivity contribution >= 4 is 0 Å². The normalized spacial score (nSPS) is 31.2. The Morgan fingerprint density at radius 1 is 1.33 bits per heavy atom. The Balaban J connectivity index is 1.76. The first-order chi connectivity index (χ1) is 5.55. The second-order valence-corrected chi connectivity index (χ2v) is 4.21. The highest BCUT2D eigenvalue weighted by atomic mass is 19.3. The molecule has 1 N–H and O–H groups in total. The smallest absolute Gasteiger partial charge is 0.249 e. The maximum Gasteiger partial charge on any atom is 0.249 e. The Bertz CT molecular complexity index is 177. The van der Waals surface area contributed by atoms with E-state index in [9.17, 15) is 8.78 Å². The zero-order valence-electron chi connectivity index (χ0n) is 7.24. The van der Waals surface area contributed by atoms with Crippen LogP contribution >= 0.6 is 0 Å². The molecule has 2 fully saturated rings. The third-order valence-corrected chi connectivity index (χ3v) is 2.77. The number of nitrogens with zero attached hydrogens (tertiary/aromatic N) is 1. The monoisotopic (exact) mass is 176 g/mol. The molecule has 4 heteroatoms. The summed E-state index contributed by atoms with van der Waals surface area (Å²) in [6, 6.07) is 0. The molecule has 12 heavy (non-hydrogen) atoms. The number of likely N-dealkylation sites (tertiary alicyclic amines) is 1. The molecule has 0 aromatic heterocycles. The molecule has 1 saturated heterocycles. The maximum atomic E-state index is 12.5. The molecule has 1 aliphatic carbocycles. The fourth-order valence-electron chi connectivity index (χ4n) is 2.51. The van der Waals surface area contributed by atoms with Gasteiger partial charge < -0.3 is 5.32 Å². The van der Waals surface area contributed by atoms with Crippen LogP contribution < -0.4 is 5.32 Å². The van der Waals surface area contributed by atoms with Crippen molar-refractivity contribution in [3.63, 3.8) is 0 Å². The lowest BCUT2D eigenvalue weighted by atomic mass is 9.61. The van der Waals surface area contributed by atoms with Crippen LogP contribution in [0.1, 0.15) is 12.8 Å². The van der Waals surface area contributed by atoms with Crippen LogP contribution in [-0.4, -0.2) is 37.6 Å². The fraction of sp³-hybridized carbons (Fsp3) is 1.00. The molecule has 0 aromatic carbocycles. The summed E-state index contributed by atoms with van der Waals surface area (Å²) >= 11 is 0. The van der Waals surface area contributed by atoms with Gasteiger partial charge in [-0.05, 0) is 7.05 Å². The van der Waals surface area contributed by atoms with Crippen molar-refractivity contribution in [1.29, 1.82) is 0 Å². The van der Waals surface area contributed by atoms with Crippen molar-refractivity contribution in [2.24, 2.45) is 5.41 Å². The van der Waals surface area contributed by atoms with E-state index in [1.54, 1.807) is 0 Å². The molecule has 0 amide bonds. The van der Waals surface area contributed by atoms with E-state index in [1.807, 2.05) is 7.05 Å². The van der Waals surface area contributed by atoms with Crippen molar-refractivity contribution in [3.8, 4) is 0 Å². The summed E-state index contributed by atoms with van der Waals surface area (Å²) in [5.74, 6) is -2.36. The largest absolute Gasteiger partial charge is 0.307 e. The first-order valence-electron chi connectivity index (χ1n) is 4.30. The summed E-state index contributed by atoms with van der Waals surface area (Å²) in [5.41, 5.74) is -0.0135. The second kappa shape index (κ2) is 2.39. The number of rotatable bonds is 2. The van der Waals surface area contributed by atoms with Crippen molar-refractivity contribution in [2.45, 2.75) is 18.8 Å². The Labute approximate surface area is 70.9 Å². The van der Waals surface area contributed by atoms with Crippen LogP contribution in [0.5, 0.6) is 0 Å².